The summed E-state index contributed by atoms with van der Waals surface area (Å²) >= 11 is 1.73. The average Bonchev–Trinajstić information content (AvgIpc) is 2.38. The first-order chi connectivity index (χ1) is 9.38. The summed E-state index contributed by atoms with van der Waals surface area (Å²) in [5.74, 6) is -1.24. The second kappa shape index (κ2) is 6.21. The van der Waals surface area contributed by atoms with E-state index in [1.807, 2.05) is 6.26 Å². The number of hydrogen-bond donors (Lipinski definition) is 2. The Labute approximate surface area is 124 Å². The number of carbonyl (C=O) groups is 1. The van der Waals surface area contributed by atoms with E-state index in [1.54, 1.807) is 11.8 Å². The highest BCUT2D eigenvalue weighted by atomic mass is 32.2. The maximum Gasteiger partial charge on any atom is 0.306 e. The van der Waals surface area contributed by atoms with Gasteiger partial charge in [0, 0.05) is 24.4 Å². The Hall–Kier alpha value is -0.310. The predicted octanol–water partition coefficient (Wildman–Crippen LogP) is 0.903. The van der Waals surface area contributed by atoms with Gasteiger partial charge in [-0.15, -0.1) is 0 Å². The summed E-state index contributed by atoms with van der Waals surface area (Å²) in [4.78, 5) is 10.9. The zero-order valence-corrected chi connectivity index (χ0v) is 13.3. The molecular weight excluding hydrogens is 300 g/mol. The summed E-state index contributed by atoms with van der Waals surface area (Å²) in [6.07, 6.45) is 6.07. The first-order valence-corrected chi connectivity index (χ1v) is 9.58. The Morgan fingerprint density at radius 2 is 2.00 bits per heavy atom. The highest BCUT2D eigenvalue weighted by Crippen LogP contribution is 2.42. The summed E-state index contributed by atoms with van der Waals surface area (Å²) < 4.78 is 28.6. The van der Waals surface area contributed by atoms with Crippen molar-refractivity contribution in [1.82, 2.24) is 9.03 Å². The molecule has 0 aromatic heterocycles. The molecule has 2 rings (SSSR count). The monoisotopic (exact) mass is 322 g/mol. The van der Waals surface area contributed by atoms with E-state index in [-0.39, 0.29) is 4.75 Å². The molecule has 2 N–H and O–H groups in total. The van der Waals surface area contributed by atoms with Gasteiger partial charge in [0.2, 0.25) is 0 Å². The molecule has 0 bridgehead atoms. The van der Waals surface area contributed by atoms with Gasteiger partial charge in [0.1, 0.15) is 0 Å². The van der Waals surface area contributed by atoms with Gasteiger partial charge >= 0.3 is 5.97 Å². The van der Waals surface area contributed by atoms with Gasteiger partial charge in [-0.3, -0.25) is 4.79 Å². The number of rotatable bonds is 6. The molecule has 0 radical (unpaired) electrons. The van der Waals surface area contributed by atoms with Crippen LogP contribution in [0.1, 0.15) is 32.1 Å². The summed E-state index contributed by atoms with van der Waals surface area (Å²) in [7, 11) is -3.47. The highest BCUT2D eigenvalue weighted by molar-refractivity contribution is 8.00. The molecule has 2 aliphatic rings. The first-order valence-electron chi connectivity index (χ1n) is 6.91. The van der Waals surface area contributed by atoms with Gasteiger partial charge in [0.05, 0.1) is 5.92 Å². The number of hydrogen-bond acceptors (Lipinski definition) is 4. The van der Waals surface area contributed by atoms with Gasteiger partial charge < -0.3 is 5.11 Å². The molecule has 1 heterocycles. The van der Waals surface area contributed by atoms with E-state index in [4.69, 9.17) is 5.11 Å². The van der Waals surface area contributed by atoms with Gasteiger partial charge in [-0.1, -0.05) is 6.42 Å². The normalized spacial score (nSPS) is 24.2. The Kier molecular flexibility index (Phi) is 4.99. The van der Waals surface area contributed by atoms with Crippen LogP contribution in [0.4, 0.5) is 0 Å². The number of thioether (sulfide) groups is 1. The fourth-order valence-electron chi connectivity index (χ4n) is 2.68. The Balaban J connectivity index is 1.86. The molecule has 0 atom stereocenters. The van der Waals surface area contributed by atoms with Crippen molar-refractivity contribution >= 4 is 27.9 Å². The van der Waals surface area contributed by atoms with Gasteiger partial charge in [-0.25, -0.2) is 4.72 Å². The molecule has 0 amide bonds. The van der Waals surface area contributed by atoms with Crippen LogP contribution in [0.25, 0.3) is 0 Å². The lowest BCUT2D eigenvalue weighted by Gasteiger charge is -2.41. The molecule has 20 heavy (non-hydrogen) atoms. The van der Waals surface area contributed by atoms with E-state index < -0.39 is 22.1 Å². The average molecular weight is 322 g/mol. The number of carboxylic acids is 1. The van der Waals surface area contributed by atoms with E-state index in [0.29, 0.717) is 32.5 Å². The Morgan fingerprint density at radius 3 is 2.40 bits per heavy atom. The van der Waals surface area contributed by atoms with Crippen LogP contribution in [-0.2, 0) is 15.0 Å². The number of nitrogens with one attached hydrogen (secondary N) is 1. The van der Waals surface area contributed by atoms with Crippen molar-refractivity contribution in [3.05, 3.63) is 0 Å². The molecule has 0 spiro atoms. The fraction of sp³-hybridized carbons (Fsp3) is 0.917. The maximum atomic E-state index is 12.2. The lowest BCUT2D eigenvalue weighted by Crippen LogP contribution is -2.51. The van der Waals surface area contributed by atoms with E-state index in [2.05, 4.69) is 4.72 Å². The zero-order chi connectivity index (χ0) is 14.8. The van der Waals surface area contributed by atoms with Gasteiger partial charge in [-0.05, 0) is 31.9 Å². The second-order valence-electron chi connectivity index (χ2n) is 5.58. The van der Waals surface area contributed by atoms with Crippen molar-refractivity contribution in [2.75, 3.05) is 25.9 Å². The van der Waals surface area contributed by atoms with E-state index >= 15 is 0 Å². The van der Waals surface area contributed by atoms with Crippen LogP contribution in [0.15, 0.2) is 0 Å². The summed E-state index contributed by atoms with van der Waals surface area (Å²) in [5.41, 5.74) is 0. The molecule has 0 aromatic carbocycles. The summed E-state index contributed by atoms with van der Waals surface area (Å²) in [6.45, 7) is 1.05. The van der Waals surface area contributed by atoms with E-state index in [1.165, 1.54) is 4.31 Å². The molecule has 1 saturated carbocycles. The molecule has 6 nitrogen and oxygen atoms in total. The number of nitrogens with zero attached hydrogens (tertiary/aromatic N) is 1. The lowest BCUT2D eigenvalue weighted by atomic mass is 9.84. The number of piperidine rings is 1. The molecule has 0 unspecified atom stereocenters. The van der Waals surface area contributed by atoms with E-state index in [0.717, 1.165) is 19.3 Å². The van der Waals surface area contributed by atoms with Crippen LogP contribution in [0.2, 0.25) is 0 Å². The third kappa shape index (κ3) is 3.47. The molecule has 1 aliphatic carbocycles. The number of aliphatic carboxylic acids is 1. The largest absolute Gasteiger partial charge is 0.481 e. The van der Waals surface area contributed by atoms with Crippen LogP contribution < -0.4 is 4.72 Å². The molecule has 2 fully saturated rings. The second-order valence-corrected chi connectivity index (χ2v) is 8.61. The molecule has 0 aromatic rings. The minimum atomic E-state index is -3.47. The third-order valence-electron chi connectivity index (χ3n) is 4.42. The van der Waals surface area contributed by atoms with E-state index in [9.17, 15) is 13.2 Å². The summed E-state index contributed by atoms with van der Waals surface area (Å²) in [6, 6.07) is 0. The van der Waals surface area contributed by atoms with Gasteiger partial charge in [-0.2, -0.15) is 24.5 Å². The topological polar surface area (TPSA) is 86.7 Å². The maximum absolute atomic E-state index is 12.2. The smallest absolute Gasteiger partial charge is 0.306 e. The number of carboxylic acid groups (broad SMARTS) is 1. The van der Waals surface area contributed by atoms with Crippen molar-refractivity contribution in [2.45, 2.75) is 36.9 Å². The fourth-order valence-corrected chi connectivity index (χ4v) is 5.02. The first kappa shape index (κ1) is 16.1. The molecule has 1 aliphatic heterocycles. The van der Waals surface area contributed by atoms with Crippen molar-refractivity contribution in [2.24, 2.45) is 5.92 Å². The van der Waals surface area contributed by atoms with Crippen molar-refractivity contribution in [3.63, 3.8) is 0 Å². The third-order valence-corrected chi connectivity index (χ3v) is 7.39. The lowest BCUT2D eigenvalue weighted by molar-refractivity contribution is -0.142. The predicted molar refractivity (Wildman–Crippen MR) is 79.0 cm³/mol. The Morgan fingerprint density at radius 1 is 1.40 bits per heavy atom. The molecule has 1 saturated heterocycles. The minimum absolute atomic E-state index is 0.0620. The Bertz CT molecular complexity index is 449. The van der Waals surface area contributed by atoms with Crippen molar-refractivity contribution < 1.29 is 18.3 Å². The van der Waals surface area contributed by atoms with Gasteiger partial charge in [0.25, 0.3) is 10.2 Å². The van der Waals surface area contributed by atoms with Crippen molar-refractivity contribution in [1.29, 1.82) is 0 Å². The molecule has 116 valence electrons. The zero-order valence-electron chi connectivity index (χ0n) is 11.7. The standard InChI is InChI=1S/C12H22N2O4S2/c1-19-12(5-2-6-12)9-13-20(17,18)14-7-3-10(4-8-14)11(15)16/h10,13H,2-9H2,1H3,(H,15,16). The highest BCUT2D eigenvalue weighted by Gasteiger charge is 2.38. The SMILES string of the molecule is CSC1(CNS(=O)(=O)N2CCC(C(=O)O)CC2)CCC1. The van der Waals surface area contributed by atoms with Gasteiger partial charge in [0.15, 0.2) is 0 Å². The quantitative estimate of drug-likeness (QED) is 0.759. The van der Waals surface area contributed by atoms with Crippen LogP contribution in [0.5, 0.6) is 0 Å². The minimum Gasteiger partial charge on any atom is -0.481 e. The molecule has 8 heteroatoms. The van der Waals surface area contributed by atoms with Crippen LogP contribution in [-0.4, -0.2) is 54.4 Å². The molecular formula is C12H22N2O4S2. The van der Waals surface area contributed by atoms with Crippen molar-refractivity contribution in [3.8, 4) is 0 Å². The summed E-state index contributed by atoms with van der Waals surface area (Å²) in [5, 5.41) is 8.92. The van der Waals surface area contributed by atoms with Crippen LogP contribution in [0.3, 0.4) is 0 Å². The van der Waals surface area contributed by atoms with Crippen LogP contribution in [0, 0.1) is 5.92 Å². The van der Waals surface area contributed by atoms with Crippen LogP contribution >= 0.6 is 11.8 Å².